The van der Waals surface area contributed by atoms with E-state index in [-0.39, 0.29) is 5.91 Å². The summed E-state index contributed by atoms with van der Waals surface area (Å²) < 4.78 is 11.3. The number of carbonyl (C=O) groups excluding carboxylic acids is 1. The number of amides is 1. The Kier molecular flexibility index (Phi) is 4.32. The molecule has 1 amide bonds. The third-order valence-electron chi connectivity index (χ3n) is 5.11. The van der Waals surface area contributed by atoms with Crippen LogP contribution in [0.2, 0.25) is 0 Å². The van der Waals surface area contributed by atoms with Gasteiger partial charge in [-0.05, 0) is 35.4 Å². The Labute approximate surface area is 147 Å². The van der Waals surface area contributed by atoms with Crippen molar-refractivity contribution in [2.24, 2.45) is 5.92 Å². The number of fused-ring (bicyclic) bond motifs is 1. The van der Waals surface area contributed by atoms with Gasteiger partial charge >= 0.3 is 0 Å². The van der Waals surface area contributed by atoms with Crippen LogP contribution in [0, 0.1) is 5.92 Å². The van der Waals surface area contributed by atoms with E-state index in [1.165, 1.54) is 5.56 Å². The van der Waals surface area contributed by atoms with E-state index in [1.807, 2.05) is 30.3 Å². The fourth-order valence-corrected chi connectivity index (χ4v) is 3.63. The minimum Gasteiger partial charge on any atom is -0.497 e. The zero-order valence-corrected chi connectivity index (χ0v) is 14.2. The lowest BCUT2D eigenvalue weighted by Gasteiger charge is -2.20. The fraction of sp³-hybridized carbons (Fsp3) is 0.350. The van der Waals surface area contributed by atoms with Gasteiger partial charge in [0.1, 0.15) is 11.5 Å². The molecule has 2 atom stereocenters. The van der Waals surface area contributed by atoms with E-state index in [4.69, 9.17) is 9.47 Å². The number of methoxy groups -OCH3 is 1. The molecular weight excluding hydrogens is 316 g/mol. The molecule has 0 spiro atoms. The highest BCUT2D eigenvalue weighted by molar-refractivity contribution is 5.98. The topological polar surface area (TPSA) is 59.6 Å². The highest BCUT2D eigenvalue weighted by atomic mass is 16.5. The molecule has 5 nitrogen and oxygen atoms in total. The lowest BCUT2D eigenvalue weighted by Crippen LogP contribution is -2.19. The smallest absolute Gasteiger partial charge is 0.252 e. The SMILES string of the molecule is COc1ccc([C@@H]2CNC[C@@H]2COc2ccc3c(c2)C(=O)NC3)cc1. The van der Waals surface area contributed by atoms with Gasteiger partial charge in [-0.3, -0.25) is 4.79 Å². The molecule has 5 heteroatoms. The Hall–Kier alpha value is -2.53. The van der Waals surface area contributed by atoms with Crippen molar-refractivity contribution in [2.45, 2.75) is 12.5 Å². The van der Waals surface area contributed by atoms with Crippen LogP contribution in [0.1, 0.15) is 27.4 Å². The highest BCUT2D eigenvalue weighted by Gasteiger charge is 2.29. The molecule has 4 rings (SSSR count). The van der Waals surface area contributed by atoms with Gasteiger partial charge in [0.2, 0.25) is 0 Å². The number of rotatable bonds is 5. The first-order valence-corrected chi connectivity index (χ1v) is 8.63. The van der Waals surface area contributed by atoms with E-state index < -0.39 is 0 Å². The minimum absolute atomic E-state index is 0.0147. The molecule has 130 valence electrons. The molecule has 0 unspecified atom stereocenters. The predicted molar refractivity (Wildman–Crippen MR) is 95.2 cm³/mol. The second-order valence-electron chi connectivity index (χ2n) is 6.61. The standard InChI is InChI=1S/C20H22N2O3/c1-24-16-5-2-13(3-6-16)19-11-21-9-15(19)12-25-17-7-4-14-10-22-20(23)18(14)8-17/h2-8,15,19,21H,9-12H2,1H3,(H,22,23)/t15-,19+/m1/s1. The zero-order valence-electron chi connectivity index (χ0n) is 14.2. The van der Waals surface area contributed by atoms with E-state index in [0.717, 1.165) is 35.7 Å². The van der Waals surface area contributed by atoms with Gasteiger partial charge in [-0.15, -0.1) is 0 Å². The monoisotopic (exact) mass is 338 g/mol. The third kappa shape index (κ3) is 3.20. The Morgan fingerprint density at radius 3 is 2.68 bits per heavy atom. The molecule has 2 aromatic rings. The van der Waals surface area contributed by atoms with Crippen LogP contribution in [0.4, 0.5) is 0 Å². The van der Waals surface area contributed by atoms with Crippen molar-refractivity contribution in [3.63, 3.8) is 0 Å². The summed E-state index contributed by atoms with van der Waals surface area (Å²) in [6.07, 6.45) is 0. The first kappa shape index (κ1) is 16.0. The summed E-state index contributed by atoms with van der Waals surface area (Å²) in [5.41, 5.74) is 3.07. The van der Waals surface area contributed by atoms with Crippen LogP contribution in [0.15, 0.2) is 42.5 Å². The normalized spacial score (nSPS) is 21.7. The summed E-state index contributed by atoms with van der Waals surface area (Å²) in [5, 5.41) is 6.29. The average Bonchev–Trinajstić information content (AvgIpc) is 3.27. The summed E-state index contributed by atoms with van der Waals surface area (Å²) in [4.78, 5) is 11.8. The Morgan fingerprint density at radius 2 is 1.88 bits per heavy atom. The molecule has 0 aliphatic carbocycles. The lowest BCUT2D eigenvalue weighted by atomic mass is 9.89. The van der Waals surface area contributed by atoms with Crippen molar-refractivity contribution < 1.29 is 14.3 Å². The maximum absolute atomic E-state index is 11.8. The molecule has 0 aromatic heterocycles. The second-order valence-corrected chi connectivity index (χ2v) is 6.61. The largest absolute Gasteiger partial charge is 0.497 e. The Morgan fingerprint density at radius 1 is 1.08 bits per heavy atom. The van der Waals surface area contributed by atoms with Crippen LogP contribution in [0.3, 0.4) is 0 Å². The van der Waals surface area contributed by atoms with E-state index in [9.17, 15) is 4.79 Å². The molecule has 0 bridgehead atoms. The Bertz CT molecular complexity index is 773. The van der Waals surface area contributed by atoms with Crippen molar-refractivity contribution in [2.75, 3.05) is 26.8 Å². The molecule has 1 saturated heterocycles. The summed E-state index contributed by atoms with van der Waals surface area (Å²) >= 11 is 0. The van der Waals surface area contributed by atoms with Gasteiger partial charge in [0.25, 0.3) is 5.91 Å². The molecule has 0 radical (unpaired) electrons. The number of hydrogen-bond donors (Lipinski definition) is 2. The van der Waals surface area contributed by atoms with Gasteiger partial charge in [0.15, 0.2) is 0 Å². The molecule has 2 N–H and O–H groups in total. The van der Waals surface area contributed by atoms with Crippen LogP contribution in [0.5, 0.6) is 11.5 Å². The molecule has 2 aromatic carbocycles. The predicted octanol–water partition coefficient (Wildman–Crippen LogP) is 2.32. The quantitative estimate of drug-likeness (QED) is 0.878. The summed E-state index contributed by atoms with van der Waals surface area (Å²) in [6, 6.07) is 14.0. The zero-order chi connectivity index (χ0) is 17.2. The minimum atomic E-state index is -0.0147. The van der Waals surface area contributed by atoms with Gasteiger partial charge in [-0.1, -0.05) is 18.2 Å². The van der Waals surface area contributed by atoms with Crippen LogP contribution in [0.25, 0.3) is 0 Å². The molecular formula is C20H22N2O3. The summed E-state index contributed by atoms with van der Waals surface area (Å²) in [5.74, 6) is 2.44. The van der Waals surface area contributed by atoms with Crippen molar-refractivity contribution in [3.8, 4) is 11.5 Å². The number of carbonyl (C=O) groups is 1. The van der Waals surface area contributed by atoms with Crippen LogP contribution in [-0.4, -0.2) is 32.7 Å². The van der Waals surface area contributed by atoms with Gasteiger partial charge < -0.3 is 20.1 Å². The summed E-state index contributed by atoms with van der Waals surface area (Å²) in [7, 11) is 1.68. The van der Waals surface area contributed by atoms with Crippen molar-refractivity contribution >= 4 is 5.91 Å². The van der Waals surface area contributed by atoms with E-state index in [1.54, 1.807) is 7.11 Å². The number of nitrogens with one attached hydrogen (secondary N) is 2. The van der Waals surface area contributed by atoms with Crippen molar-refractivity contribution in [3.05, 3.63) is 59.2 Å². The lowest BCUT2D eigenvalue weighted by molar-refractivity contribution is 0.0965. The van der Waals surface area contributed by atoms with Crippen LogP contribution < -0.4 is 20.1 Å². The number of ether oxygens (including phenoxy) is 2. The van der Waals surface area contributed by atoms with Crippen molar-refractivity contribution in [1.82, 2.24) is 10.6 Å². The van der Waals surface area contributed by atoms with Gasteiger partial charge in [-0.2, -0.15) is 0 Å². The van der Waals surface area contributed by atoms with Crippen LogP contribution in [-0.2, 0) is 6.54 Å². The second kappa shape index (κ2) is 6.76. The van der Waals surface area contributed by atoms with Gasteiger partial charge in [0.05, 0.1) is 13.7 Å². The van der Waals surface area contributed by atoms with E-state index >= 15 is 0 Å². The van der Waals surface area contributed by atoms with E-state index in [2.05, 4.69) is 22.8 Å². The fourth-order valence-electron chi connectivity index (χ4n) is 3.63. The maximum Gasteiger partial charge on any atom is 0.252 e. The number of benzene rings is 2. The van der Waals surface area contributed by atoms with Gasteiger partial charge in [-0.25, -0.2) is 0 Å². The molecule has 25 heavy (non-hydrogen) atoms. The molecule has 2 aliphatic heterocycles. The highest BCUT2D eigenvalue weighted by Crippen LogP contribution is 2.30. The first-order valence-electron chi connectivity index (χ1n) is 8.63. The molecule has 1 fully saturated rings. The molecule has 2 aliphatic rings. The van der Waals surface area contributed by atoms with Crippen LogP contribution >= 0.6 is 0 Å². The molecule has 0 saturated carbocycles. The maximum atomic E-state index is 11.8. The van der Waals surface area contributed by atoms with E-state index in [0.29, 0.717) is 25.0 Å². The Balaban J connectivity index is 1.43. The van der Waals surface area contributed by atoms with Crippen molar-refractivity contribution in [1.29, 1.82) is 0 Å². The third-order valence-corrected chi connectivity index (χ3v) is 5.11. The average molecular weight is 338 g/mol. The van der Waals surface area contributed by atoms with Gasteiger partial charge in [0, 0.05) is 37.0 Å². The summed E-state index contributed by atoms with van der Waals surface area (Å²) in [6.45, 7) is 3.12. The molecule has 2 heterocycles. The first-order chi connectivity index (χ1) is 12.2. The number of hydrogen-bond acceptors (Lipinski definition) is 4.